The molecule has 2 atom stereocenters. The Hall–Kier alpha value is -4.83. The van der Waals surface area contributed by atoms with Crippen molar-refractivity contribution in [2.45, 2.75) is 101 Å². The van der Waals surface area contributed by atoms with Gasteiger partial charge in [-0.1, -0.05) is 90.8 Å². The number of rotatable bonds is 20. The number of carboxylic acid groups (broad SMARTS) is 2. The van der Waals surface area contributed by atoms with Crippen LogP contribution >= 0.6 is 0 Å². The van der Waals surface area contributed by atoms with Crippen molar-refractivity contribution < 1.29 is 177 Å². The molecule has 2 unspecified atom stereocenters. The van der Waals surface area contributed by atoms with Gasteiger partial charge in [-0.05, 0) is 143 Å². The normalized spacial score (nSPS) is 12.9. The molecule has 0 aliphatic carbocycles. The number of nitrogens with one attached hydrogen (secondary N) is 2. The Morgan fingerprint density at radius 1 is 0.487 bits per heavy atom. The molecule has 6 aromatic carbocycles. The van der Waals surface area contributed by atoms with Gasteiger partial charge in [-0.2, -0.15) is 0 Å². The van der Waals surface area contributed by atoms with E-state index in [4.69, 9.17) is 28.4 Å². The fraction of sp³-hybridized carbons (Fsp3) is 0.286. The van der Waals surface area contributed by atoms with E-state index < -0.39 is 56.0 Å². The van der Waals surface area contributed by atoms with E-state index in [2.05, 4.69) is 9.44 Å². The van der Waals surface area contributed by atoms with Crippen LogP contribution in [0.3, 0.4) is 0 Å². The van der Waals surface area contributed by atoms with Gasteiger partial charge < -0.3 is 48.2 Å². The minimum atomic E-state index is -4.22. The van der Waals surface area contributed by atoms with Crippen molar-refractivity contribution >= 4 is 43.8 Å². The molecule has 2 amide bonds. The molecule has 0 bridgehead atoms. The number of carboxylic acids is 2. The first kappa shape index (κ1) is 64.0. The van der Waals surface area contributed by atoms with Crippen molar-refractivity contribution in [1.29, 1.82) is 0 Å². The molecule has 8 rings (SSSR count). The molecule has 2 heterocycles. The predicted octanol–water partition coefficient (Wildman–Crippen LogP) is 0.968. The number of carbonyl (C=O) groups excluding carboxylic acids is 4. The molecule has 0 saturated carbocycles. The van der Waals surface area contributed by atoms with E-state index >= 15 is 0 Å². The molecule has 2 N–H and O–H groups in total. The average molecular weight is 1160 g/mol. The maximum absolute atomic E-state index is 13.5. The van der Waals surface area contributed by atoms with Crippen molar-refractivity contribution in [3.63, 3.8) is 0 Å². The topological polar surface area (TPSA) is 262 Å². The summed E-state index contributed by atoms with van der Waals surface area (Å²) in [5.41, 5.74) is 3.59. The average Bonchev–Trinajstić information content (AvgIpc) is 4.08. The van der Waals surface area contributed by atoms with Crippen LogP contribution in [0.25, 0.3) is 0 Å². The molecule has 0 spiro atoms. The number of fused-ring (bicyclic) bond motifs is 2. The largest absolute Gasteiger partial charge is 1.00 e. The summed E-state index contributed by atoms with van der Waals surface area (Å²) in [6.45, 7) is 11.8. The van der Waals surface area contributed by atoms with Gasteiger partial charge in [-0.15, -0.1) is 0 Å². The quantitative estimate of drug-likeness (QED) is 0.101. The summed E-state index contributed by atoms with van der Waals surface area (Å²) < 4.78 is 90.3. The van der Waals surface area contributed by atoms with Gasteiger partial charge in [0.25, 0.3) is 31.9 Å². The third kappa shape index (κ3) is 16.2. The van der Waals surface area contributed by atoms with E-state index in [1.165, 1.54) is 60.7 Å². The zero-order valence-electron chi connectivity index (χ0n) is 44.4. The van der Waals surface area contributed by atoms with Crippen molar-refractivity contribution in [3.8, 4) is 34.5 Å². The number of hydrogen-bond donors (Lipinski definition) is 2. The number of benzene rings is 6. The van der Waals surface area contributed by atoms with E-state index in [9.17, 15) is 46.2 Å². The van der Waals surface area contributed by atoms with Crippen LogP contribution in [0.1, 0.15) is 133 Å². The Labute approximate surface area is 538 Å². The van der Waals surface area contributed by atoms with Crippen molar-refractivity contribution in [3.05, 3.63) is 166 Å². The van der Waals surface area contributed by atoms with Crippen LogP contribution in [-0.2, 0) is 42.5 Å². The molecule has 2 aliphatic heterocycles. The smallest absolute Gasteiger partial charge is 0.545 e. The van der Waals surface area contributed by atoms with Gasteiger partial charge in [0.05, 0.1) is 21.7 Å². The minimum Gasteiger partial charge on any atom is -0.545 e. The first-order valence-electron chi connectivity index (χ1n) is 24.3. The summed E-state index contributed by atoms with van der Waals surface area (Å²) in [6, 6.07) is 30.4. The molecule has 2 aliphatic rings. The molecule has 0 fully saturated rings. The molecule has 22 heteroatoms. The van der Waals surface area contributed by atoms with Crippen LogP contribution in [0.15, 0.2) is 131 Å². The van der Waals surface area contributed by atoms with Gasteiger partial charge >= 0.3 is 103 Å². The molecular formula is C56H56K2N2O16S2. The molecule has 0 saturated heterocycles. The summed E-state index contributed by atoms with van der Waals surface area (Å²) >= 11 is 0. The van der Waals surface area contributed by atoms with Gasteiger partial charge in [0.2, 0.25) is 25.8 Å². The SMILES string of the molecule is CCCc1cc(C(=O)[O-])ccc1OC(C(=O)NS(=O)(=O)c1ccc(C(C)C)cc1)c1ccc2c(c1)OCO2.CCCc1cc(C(=O)[O-])ccc1OC(C(=O)NS(=O)(=O)c1ccc(C(C)C)cc1)c1ccc2c(c1)OCO2.[K+].[K+]. The zero-order chi connectivity index (χ0) is 54.9. The maximum Gasteiger partial charge on any atom is 1.00 e. The van der Waals surface area contributed by atoms with Gasteiger partial charge in [0.15, 0.2) is 23.0 Å². The minimum absolute atomic E-state index is 0. The number of aromatic carboxylic acids is 2. The Balaban J connectivity index is 0.000000280. The number of carbonyl (C=O) groups is 4. The molecule has 18 nitrogen and oxygen atoms in total. The maximum atomic E-state index is 13.5. The Kier molecular flexibility index (Phi) is 23.4. The number of hydrogen-bond acceptors (Lipinski definition) is 16. The summed E-state index contributed by atoms with van der Waals surface area (Å²) in [7, 11) is -8.44. The van der Waals surface area contributed by atoms with Gasteiger partial charge in [-0.3, -0.25) is 9.59 Å². The van der Waals surface area contributed by atoms with Crippen LogP contribution in [0.5, 0.6) is 34.5 Å². The summed E-state index contributed by atoms with van der Waals surface area (Å²) in [4.78, 5) is 49.5. The molecule has 78 heavy (non-hydrogen) atoms. The first-order chi connectivity index (χ1) is 36.2. The Bertz CT molecular complexity index is 3130. The summed E-state index contributed by atoms with van der Waals surface area (Å²) in [6.07, 6.45) is -0.528. The first-order valence-corrected chi connectivity index (χ1v) is 27.3. The fourth-order valence-corrected chi connectivity index (χ4v) is 10.0. The predicted molar refractivity (Wildman–Crippen MR) is 273 cm³/mol. The van der Waals surface area contributed by atoms with Crippen molar-refractivity contribution in [2.75, 3.05) is 13.6 Å². The Morgan fingerprint density at radius 3 is 1.14 bits per heavy atom. The van der Waals surface area contributed by atoms with E-state index in [0.717, 1.165) is 11.1 Å². The standard InChI is InChI=1S/2C28H29NO8S.2K/c2*1-4-5-19-14-21(28(31)32)9-12-23(19)37-26(20-8-13-24-25(15-20)36-16-35-24)27(30)29-38(33,34)22-10-6-18(7-11-22)17(2)3;;/h2*6-15,17,26H,4-5,16H2,1-3H3,(H,29,30)(H,31,32);;/q;;2*+1/p-2. The molecule has 0 radical (unpaired) electrons. The van der Waals surface area contributed by atoms with Gasteiger partial charge in [0.1, 0.15) is 11.5 Å². The monoisotopic (exact) mass is 1150 g/mol. The molecular weight excluding hydrogens is 1100 g/mol. The van der Waals surface area contributed by atoms with E-state index in [1.807, 2.05) is 41.5 Å². The number of amides is 2. The second-order valence-corrected chi connectivity index (χ2v) is 21.7. The number of aryl methyl sites for hydroxylation is 2. The van der Waals surface area contributed by atoms with Crippen LogP contribution in [0.4, 0.5) is 0 Å². The number of sulfonamides is 2. The van der Waals surface area contributed by atoms with Crippen LogP contribution in [0.2, 0.25) is 0 Å². The Morgan fingerprint density at radius 2 is 0.821 bits per heavy atom. The van der Waals surface area contributed by atoms with E-state index in [-0.39, 0.29) is 161 Å². The van der Waals surface area contributed by atoms with Crippen LogP contribution < -0.4 is 151 Å². The van der Waals surface area contributed by atoms with Gasteiger partial charge in [0, 0.05) is 11.1 Å². The summed E-state index contributed by atoms with van der Waals surface area (Å²) in [5, 5.41) is 22.7. The van der Waals surface area contributed by atoms with Gasteiger partial charge in [-0.25, -0.2) is 26.3 Å². The van der Waals surface area contributed by atoms with Crippen molar-refractivity contribution in [2.24, 2.45) is 0 Å². The third-order valence-corrected chi connectivity index (χ3v) is 14.9. The van der Waals surface area contributed by atoms with Crippen LogP contribution in [-0.4, -0.2) is 54.2 Å². The molecule has 0 aromatic heterocycles. The van der Waals surface area contributed by atoms with E-state index in [1.54, 1.807) is 60.7 Å². The number of ether oxygens (including phenoxy) is 6. The van der Waals surface area contributed by atoms with Crippen molar-refractivity contribution in [1.82, 2.24) is 9.44 Å². The molecule has 400 valence electrons. The third-order valence-electron chi connectivity index (χ3n) is 12.2. The molecule has 6 aromatic rings. The van der Waals surface area contributed by atoms with E-state index in [0.29, 0.717) is 70.9 Å². The zero-order valence-corrected chi connectivity index (χ0v) is 52.3. The fourth-order valence-electron chi connectivity index (χ4n) is 8.08. The second kappa shape index (κ2) is 28.5. The summed E-state index contributed by atoms with van der Waals surface area (Å²) in [5.74, 6) is -1.88. The second-order valence-electron chi connectivity index (χ2n) is 18.3. The van der Waals surface area contributed by atoms with Crippen LogP contribution in [0, 0.1) is 0 Å².